The lowest BCUT2D eigenvalue weighted by Gasteiger charge is -2.15. The first-order chi connectivity index (χ1) is 10.1. The predicted octanol–water partition coefficient (Wildman–Crippen LogP) is 4.82. The molecule has 2 nitrogen and oxygen atoms in total. The van der Waals surface area contributed by atoms with Gasteiger partial charge >= 0.3 is 0 Å². The SMILES string of the molecule is CCCNC(C)c1ccc(Oc2ccc(F)cc2)c(F)c1. The highest BCUT2D eigenvalue weighted by Gasteiger charge is 2.10. The van der Waals surface area contributed by atoms with Crippen LogP contribution in [0.5, 0.6) is 11.5 Å². The van der Waals surface area contributed by atoms with E-state index in [1.54, 1.807) is 6.07 Å². The lowest BCUT2D eigenvalue weighted by atomic mass is 10.1. The molecule has 0 aliphatic heterocycles. The second-order valence-electron chi connectivity index (χ2n) is 4.92. The van der Waals surface area contributed by atoms with Crippen LogP contribution in [0.15, 0.2) is 42.5 Å². The maximum absolute atomic E-state index is 14.1. The quantitative estimate of drug-likeness (QED) is 0.824. The van der Waals surface area contributed by atoms with Crippen LogP contribution < -0.4 is 10.1 Å². The summed E-state index contributed by atoms with van der Waals surface area (Å²) in [5.41, 5.74) is 0.868. The average Bonchev–Trinajstić information content (AvgIpc) is 2.49. The Bertz CT molecular complexity index is 584. The molecule has 0 amide bonds. The lowest BCUT2D eigenvalue weighted by molar-refractivity contribution is 0.439. The van der Waals surface area contributed by atoms with E-state index in [0.717, 1.165) is 18.5 Å². The van der Waals surface area contributed by atoms with E-state index in [9.17, 15) is 8.78 Å². The van der Waals surface area contributed by atoms with Crippen molar-refractivity contribution in [2.45, 2.75) is 26.3 Å². The Morgan fingerprint density at radius 2 is 1.81 bits per heavy atom. The van der Waals surface area contributed by atoms with Gasteiger partial charge in [-0.1, -0.05) is 13.0 Å². The van der Waals surface area contributed by atoms with Gasteiger partial charge in [-0.3, -0.25) is 0 Å². The number of benzene rings is 2. The molecule has 21 heavy (non-hydrogen) atoms. The average molecular weight is 291 g/mol. The molecule has 0 radical (unpaired) electrons. The van der Waals surface area contributed by atoms with Gasteiger partial charge in [0, 0.05) is 6.04 Å². The Morgan fingerprint density at radius 3 is 2.43 bits per heavy atom. The van der Waals surface area contributed by atoms with Crippen molar-refractivity contribution in [3.63, 3.8) is 0 Å². The van der Waals surface area contributed by atoms with Crippen LogP contribution in [0.1, 0.15) is 31.9 Å². The molecule has 2 aromatic rings. The fraction of sp³-hybridized carbons (Fsp3) is 0.294. The molecule has 2 aromatic carbocycles. The van der Waals surface area contributed by atoms with Gasteiger partial charge in [-0.25, -0.2) is 8.78 Å². The van der Waals surface area contributed by atoms with E-state index < -0.39 is 5.82 Å². The van der Waals surface area contributed by atoms with Gasteiger partial charge < -0.3 is 10.1 Å². The van der Waals surface area contributed by atoms with E-state index in [-0.39, 0.29) is 17.6 Å². The summed E-state index contributed by atoms with van der Waals surface area (Å²) in [5, 5.41) is 3.30. The molecule has 0 aliphatic carbocycles. The van der Waals surface area contributed by atoms with E-state index >= 15 is 0 Å². The van der Waals surface area contributed by atoms with Crippen LogP contribution in [-0.4, -0.2) is 6.54 Å². The minimum absolute atomic E-state index is 0.0827. The molecule has 0 fully saturated rings. The summed E-state index contributed by atoms with van der Waals surface area (Å²) in [5.74, 6) is -0.246. The Morgan fingerprint density at radius 1 is 1.10 bits per heavy atom. The molecule has 0 aromatic heterocycles. The number of hydrogen-bond acceptors (Lipinski definition) is 2. The molecular formula is C17H19F2NO. The van der Waals surface area contributed by atoms with Crippen LogP contribution >= 0.6 is 0 Å². The summed E-state index contributed by atoms with van der Waals surface area (Å²) in [6, 6.07) is 10.5. The number of rotatable bonds is 6. The van der Waals surface area contributed by atoms with Crippen LogP contribution in [-0.2, 0) is 0 Å². The van der Waals surface area contributed by atoms with Crippen molar-refractivity contribution >= 4 is 0 Å². The van der Waals surface area contributed by atoms with Crippen molar-refractivity contribution in [1.82, 2.24) is 5.32 Å². The molecule has 0 heterocycles. The third kappa shape index (κ3) is 4.26. The molecule has 1 unspecified atom stereocenters. The summed E-state index contributed by atoms with van der Waals surface area (Å²) in [6.07, 6.45) is 1.03. The van der Waals surface area contributed by atoms with Crippen molar-refractivity contribution in [3.05, 3.63) is 59.7 Å². The highest BCUT2D eigenvalue weighted by Crippen LogP contribution is 2.27. The largest absolute Gasteiger partial charge is 0.454 e. The maximum Gasteiger partial charge on any atom is 0.166 e. The number of halogens is 2. The van der Waals surface area contributed by atoms with Crippen molar-refractivity contribution < 1.29 is 13.5 Å². The second kappa shape index (κ2) is 7.18. The second-order valence-corrected chi connectivity index (χ2v) is 4.92. The van der Waals surface area contributed by atoms with Gasteiger partial charge in [-0.15, -0.1) is 0 Å². The molecule has 1 atom stereocenters. The Hall–Kier alpha value is -1.94. The maximum atomic E-state index is 14.1. The van der Waals surface area contributed by atoms with Crippen molar-refractivity contribution in [1.29, 1.82) is 0 Å². The van der Waals surface area contributed by atoms with E-state index in [1.807, 2.05) is 13.0 Å². The van der Waals surface area contributed by atoms with Gasteiger partial charge in [-0.05, 0) is 61.9 Å². The third-order valence-electron chi connectivity index (χ3n) is 3.20. The smallest absolute Gasteiger partial charge is 0.166 e. The third-order valence-corrected chi connectivity index (χ3v) is 3.20. The molecule has 0 saturated carbocycles. The van der Waals surface area contributed by atoms with Gasteiger partial charge in [0.15, 0.2) is 11.6 Å². The minimum Gasteiger partial charge on any atom is -0.454 e. The fourth-order valence-corrected chi connectivity index (χ4v) is 1.98. The monoisotopic (exact) mass is 291 g/mol. The summed E-state index contributed by atoms with van der Waals surface area (Å²) in [7, 11) is 0. The predicted molar refractivity (Wildman–Crippen MR) is 79.6 cm³/mol. The summed E-state index contributed by atoms with van der Waals surface area (Å²) >= 11 is 0. The van der Waals surface area contributed by atoms with Crippen LogP contribution in [0.2, 0.25) is 0 Å². The molecule has 0 spiro atoms. The van der Waals surface area contributed by atoms with Gasteiger partial charge in [-0.2, -0.15) is 0 Å². The van der Waals surface area contributed by atoms with Gasteiger partial charge in [0.05, 0.1) is 0 Å². The lowest BCUT2D eigenvalue weighted by Crippen LogP contribution is -2.19. The topological polar surface area (TPSA) is 21.3 Å². The fourth-order valence-electron chi connectivity index (χ4n) is 1.98. The first kappa shape index (κ1) is 15.4. The zero-order valence-corrected chi connectivity index (χ0v) is 12.2. The molecule has 0 saturated heterocycles. The highest BCUT2D eigenvalue weighted by atomic mass is 19.1. The van der Waals surface area contributed by atoms with E-state index in [4.69, 9.17) is 4.74 Å². The van der Waals surface area contributed by atoms with Crippen molar-refractivity contribution in [3.8, 4) is 11.5 Å². The Labute approximate surface area is 123 Å². The van der Waals surface area contributed by atoms with E-state index in [1.165, 1.54) is 30.3 Å². The normalized spacial score (nSPS) is 12.2. The molecule has 112 valence electrons. The molecule has 2 rings (SSSR count). The molecule has 0 bridgehead atoms. The Kier molecular flexibility index (Phi) is 5.28. The molecular weight excluding hydrogens is 272 g/mol. The number of ether oxygens (including phenoxy) is 1. The summed E-state index contributed by atoms with van der Waals surface area (Å²) in [4.78, 5) is 0. The first-order valence-electron chi connectivity index (χ1n) is 7.06. The Balaban J connectivity index is 2.10. The van der Waals surface area contributed by atoms with Crippen molar-refractivity contribution in [2.24, 2.45) is 0 Å². The van der Waals surface area contributed by atoms with Gasteiger partial charge in [0.2, 0.25) is 0 Å². The van der Waals surface area contributed by atoms with Crippen LogP contribution in [0.3, 0.4) is 0 Å². The first-order valence-corrected chi connectivity index (χ1v) is 7.06. The molecule has 4 heteroatoms. The summed E-state index contributed by atoms with van der Waals surface area (Å²) < 4.78 is 32.3. The highest BCUT2D eigenvalue weighted by molar-refractivity contribution is 5.35. The zero-order chi connectivity index (χ0) is 15.2. The van der Waals surface area contributed by atoms with Gasteiger partial charge in [0.25, 0.3) is 0 Å². The van der Waals surface area contributed by atoms with Gasteiger partial charge in [0.1, 0.15) is 11.6 Å². The van der Waals surface area contributed by atoms with Crippen LogP contribution in [0, 0.1) is 11.6 Å². The minimum atomic E-state index is -0.429. The van der Waals surface area contributed by atoms with E-state index in [2.05, 4.69) is 12.2 Å². The van der Waals surface area contributed by atoms with Crippen LogP contribution in [0.25, 0.3) is 0 Å². The molecule has 1 N–H and O–H groups in total. The number of hydrogen-bond donors (Lipinski definition) is 1. The van der Waals surface area contributed by atoms with E-state index in [0.29, 0.717) is 5.75 Å². The van der Waals surface area contributed by atoms with Crippen LogP contribution in [0.4, 0.5) is 8.78 Å². The summed E-state index contributed by atoms with van der Waals surface area (Å²) in [6.45, 7) is 4.96. The zero-order valence-electron chi connectivity index (χ0n) is 12.2. The standard InChI is InChI=1S/C17H19F2NO/c1-3-10-20-12(2)13-4-9-17(16(19)11-13)21-15-7-5-14(18)6-8-15/h4-9,11-12,20H,3,10H2,1-2H3. The number of nitrogens with one attached hydrogen (secondary N) is 1. The molecule has 0 aliphatic rings. The van der Waals surface area contributed by atoms with Crippen molar-refractivity contribution in [2.75, 3.05) is 6.54 Å².